The van der Waals surface area contributed by atoms with Gasteiger partial charge in [0.15, 0.2) is 0 Å². The van der Waals surface area contributed by atoms with E-state index in [0.29, 0.717) is 12.3 Å². The first kappa shape index (κ1) is 16.0. The fraction of sp³-hybridized carbons (Fsp3) is 0.455. The molecule has 9 heteroatoms. The summed E-state index contributed by atoms with van der Waals surface area (Å²) in [6.07, 6.45) is -3.04. The highest BCUT2D eigenvalue weighted by atomic mass is 19.4. The Labute approximate surface area is 112 Å². The average Bonchev–Trinajstić information content (AvgIpc) is 2.77. The highest BCUT2D eigenvalue weighted by Crippen LogP contribution is 2.11. The molecule has 0 aliphatic carbocycles. The summed E-state index contributed by atoms with van der Waals surface area (Å²) in [7, 11) is 1.61. The molecule has 1 aromatic heterocycles. The number of urea groups is 1. The molecule has 2 N–H and O–H groups in total. The fourth-order valence-corrected chi connectivity index (χ4v) is 1.36. The molecule has 0 aromatic carbocycles. The summed E-state index contributed by atoms with van der Waals surface area (Å²) in [4.78, 5) is 24.0. The van der Waals surface area contributed by atoms with Crippen LogP contribution in [0.2, 0.25) is 0 Å². The molecule has 0 unspecified atom stereocenters. The summed E-state index contributed by atoms with van der Waals surface area (Å²) >= 11 is 0. The van der Waals surface area contributed by atoms with Gasteiger partial charge in [-0.1, -0.05) is 0 Å². The Morgan fingerprint density at radius 2 is 2.10 bits per heavy atom. The number of nitrogens with one attached hydrogen (secondary N) is 2. The normalized spacial score (nSPS) is 11.4. The van der Waals surface area contributed by atoms with Gasteiger partial charge in [-0.15, -0.1) is 0 Å². The number of likely N-dealkylation sites (N-methyl/N-ethyl adjacent to an activating group) is 1. The van der Waals surface area contributed by atoms with Crippen LogP contribution in [0.5, 0.6) is 0 Å². The molecule has 3 amide bonds. The Bertz CT molecular complexity index is 446. The molecular weight excluding hydrogens is 279 g/mol. The third-order valence-corrected chi connectivity index (χ3v) is 2.12. The molecule has 0 saturated carbocycles. The lowest BCUT2D eigenvalue weighted by Gasteiger charge is -2.14. The number of carbonyl (C=O) groups is 2. The van der Waals surface area contributed by atoms with Crippen LogP contribution in [-0.2, 0) is 11.3 Å². The number of carbonyl (C=O) groups excluding carboxylic acids is 2. The number of nitrogens with zero attached hydrogens (tertiary/aromatic N) is 1. The van der Waals surface area contributed by atoms with E-state index in [9.17, 15) is 22.8 Å². The van der Waals surface area contributed by atoms with Crippen LogP contribution in [0.4, 0.5) is 18.0 Å². The molecule has 0 saturated heterocycles. The smallest absolute Gasteiger partial charge is 0.405 e. The first-order valence-corrected chi connectivity index (χ1v) is 5.61. The molecule has 0 bridgehead atoms. The number of halogens is 3. The predicted octanol–water partition coefficient (Wildman–Crippen LogP) is 1.10. The number of amides is 3. The second-order valence-electron chi connectivity index (χ2n) is 4.10. The number of furan rings is 1. The highest BCUT2D eigenvalue weighted by molar-refractivity contribution is 5.95. The van der Waals surface area contributed by atoms with Crippen LogP contribution in [0.15, 0.2) is 22.8 Å². The Morgan fingerprint density at radius 3 is 2.65 bits per heavy atom. The van der Waals surface area contributed by atoms with Crippen molar-refractivity contribution in [2.24, 2.45) is 0 Å². The summed E-state index contributed by atoms with van der Waals surface area (Å²) in [5.74, 6) is -0.0828. The summed E-state index contributed by atoms with van der Waals surface area (Å²) in [5, 5.41) is 3.34. The molecule has 112 valence electrons. The van der Waals surface area contributed by atoms with Crippen molar-refractivity contribution in [3.05, 3.63) is 24.2 Å². The maximum Gasteiger partial charge on any atom is 0.405 e. The van der Waals surface area contributed by atoms with Gasteiger partial charge in [-0.25, -0.2) is 4.79 Å². The summed E-state index contributed by atoms with van der Waals surface area (Å²) in [5.41, 5.74) is 0. The van der Waals surface area contributed by atoms with Gasteiger partial charge in [0.1, 0.15) is 12.3 Å². The van der Waals surface area contributed by atoms with Crippen molar-refractivity contribution in [2.75, 3.05) is 20.1 Å². The molecule has 0 spiro atoms. The van der Waals surface area contributed by atoms with E-state index in [2.05, 4.69) is 0 Å². The lowest BCUT2D eigenvalue weighted by atomic mass is 10.4. The molecule has 20 heavy (non-hydrogen) atoms. The minimum atomic E-state index is -4.52. The minimum absolute atomic E-state index is 0.153. The fourth-order valence-electron chi connectivity index (χ4n) is 1.36. The lowest BCUT2D eigenvalue weighted by molar-refractivity contribution is -0.125. The van der Waals surface area contributed by atoms with Gasteiger partial charge in [-0.2, -0.15) is 13.2 Å². The zero-order valence-electron chi connectivity index (χ0n) is 10.7. The largest absolute Gasteiger partial charge is 0.468 e. The van der Waals surface area contributed by atoms with Crippen molar-refractivity contribution < 1.29 is 27.2 Å². The van der Waals surface area contributed by atoms with Crippen molar-refractivity contribution >= 4 is 11.9 Å². The van der Waals surface area contributed by atoms with Crippen molar-refractivity contribution in [3.63, 3.8) is 0 Å². The number of hydrogen-bond donors (Lipinski definition) is 2. The molecule has 0 fully saturated rings. The van der Waals surface area contributed by atoms with E-state index < -0.39 is 24.7 Å². The highest BCUT2D eigenvalue weighted by Gasteiger charge is 2.28. The number of imide groups is 1. The van der Waals surface area contributed by atoms with Gasteiger partial charge in [-0.05, 0) is 19.2 Å². The average molecular weight is 293 g/mol. The quantitative estimate of drug-likeness (QED) is 0.852. The summed E-state index contributed by atoms with van der Waals surface area (Å²) in [6.45, 7) is -1.31. The van der Waals surface area contributed by atoms with Crippen LogP contribution in [-0.4, -0.2) is 43.2 Å². The lowest BCUT2D eigenvalue weighted by Crippen LogP contribution is -2.46. The van der Waals surface area contributed by atoms with Gasteiger partial charge in [0.25, 0.3) is 0 Å². The van der Waals surface area contributed by atoms with Crippen molar-refractivity contribution in [2.45, 2.75) is 12.7 Å². The van der Waals surface area contributed by atoms with E-state index in [0.717, 1.165) is 0 Å². The van der Waals surface area contributed by atoms with E-state index >= 15 is 0 Å². The molecular formula is C11H14F3N3O3. The van der Waals surface area contributed by atoms with Gasteiger partial charge >= 0.3 is 12.2 Å². The molecule has 0 aliphatic rings. The standard InChI is InChI=1S/C11H14F3N3O3/c1-17(5-8-3-2-4-20-8)6-9(18)16-10(19)15-7-11(12,13)14/h2-4H,5-7H2,1H3,(H2,15,16,18,19). The van der Waals surface area contributed by atoms with E-state index in [1.807, 2.05) is 0 Å². The maximum atomic E-state index is 11.8. The molecule has 0 atom stereocenters. The van der Waals surface area contributed by atoms with Crippen LogP contribution < -0.4 is 10.6 Å². The van der Waals surface area contributed by atoms with Crippen LogP contribution in [0.3, 0.4) is 0 Å². The van der Waals surface area contributed by atoms with E-state index in [1.54, 1.807) is 29.4 Å². The van der Waals surface area contributed by atoms with E-state index in [-0.39, 0.29) is 6.54 Å². The first-order chi connectivity index (χ1) is 9.26. The molecule has 0 aliphatic heterocycles. The van der Waals surface area contributed by atoms with Crippen LogP contribution >= 0.6 is 0 Å². The minimum Gasteiger partial charge on any atom is -0.468 e. The Kier molecular flexibility index (Phi) is 5.56. The second kappa shape index (κ2) is 6.94. The van der Waals surface area contributed by atoms with E-state index in [1.165, 1.54) is 11.6 Å². The van der Waals surface area contributed by atoms with Crippen LogP contribution in [0.1, 0.15) is 5.76 Å². The van der Waals surface area contributed by atoms with Crippen LogP contribution in [0, 0.1) is 0 Å². The maximum absolute atomic E-state index is 11.8. The Hall–Kier alpha value is -2.03. The SMILES string of the molecule is CN(CC(=O)NC(=O)NCC(F)(F)F)Cc1ccco1. The van der Waals surface area contributed by atoms with Gasteiger partial charge in [0, 0.05) is 0 Å². The molecule has 6 nitrogen and oxygen atoms in total. The first-order valence-electron chi connectivity index (χ1n) is 5.61. The van der Waals surface area contributed by atoms with E-state index in [4.69, 9.17) is 4.42 Å². The van der Waals surface area contributed by atoms with Crippen molar-refractivity contribution in [3.8, 4) is 0 Å². The van der Waals surface area contributed by atoms with Gasteiger partial charge in [0.05, 0.1) is 19.4 Å². The van der Waals surface area contributed by atoms with Crippen molar-refractivity contribution in [1.82, 2.24) is 15.5 Å². The molecule has 1 aromatic rings. The third-order valence-electron chi connectivity index (χ3n) is 2.12. The number of rotatable bonds is 5. The van der Waals surface area contributed by atoms with Gasteiger partial charge < -0.3 is 9.73 Å². The monoisotopic (exact) mass is 293 g/mol. The predicted molar refractivity (Wildman–Crippen MR) is 62.6 cm³/mol. The zero-order valence-corrected chi connectivity index (χ0v) is 10.7. The second-order valence-corrected chi connectivity index (χ2v) is 4.10. The molecule has 0 radical (unpaired) electrons. The zero-order chi connectivity index (χ0) is 15.2. The summed E-state index contributed by atoms with van der Waals surface area (Å²) in [6, 6.07) is 2.22. The number of alkyl halides is 3. The van der Waals surface area contributed by atoms with Gasteiger partial charge in [-0.3, -0.25) is 15.0 Å². The van der Waals surface area contributed by atoms with Crippen LogP contribution in [0.25, 0.3) is 0 Å². The Balaban J connectivity index is 2.27. The van der Waals surface area contributed by atoms with Crippen molar-refractivity contribution in [1.29, 1.82) is 0 Å². The molecule has 1 heterocycles. The Morgan fingerprint density at radius 1 is 1.40 bits per heavy atom. The third kappa shape index (κ3) is 6.78. The summed E-state index contributed by atoms with van der Waals surface area (Å²) < 4.78 is 40.6. The number of hydrogen-bond acceptors (Lipinski definition) is 4. The van der Waals surface area contributed by atoms with Gasteiger partial charge in [0.2, 0.25) is 5.91 Å². The topological polar surface area (TPSA) is 74.6 Å². The molecule has 1 rings (SSSR count).